The van der Waals surface area contributed by atoms with E-state index in [1.165, 1.54) is 23.2 Å². The number of hydrogen-bond donors (Lipinski definition) is 2. The molecule has 0 unspecified atom stereocenters. The van der Waals surface area contributed by atoms with Crippen LogP contribution in [0.3, 0.4) is 0 Å². The quantitative estimate of drug-likeness (QED) is 0.265. The molecule has 31 heavy (non-hydrogen) atoms. The molecule has 5 nitrogen and oxygen atoms in total. The second-order valence-electron chi connectivity index (χ2n) is 7.05. The van der Waals surface area contributed by atoms with Crippen LogP contribution in [0, 0.1) is 24.1 Å². The number of aryl methyl sites for hydroxylation is 1. The minimum absolute atomic E-state index is 0.181. The van der Waals surface area contributed by atoms with Crippen molar-refractivity contribution in [2.24, 2.45) is 0 Å². The molecule has 0 saturated carbocycles. The zero-order valence-corrected chi connectivity index (χ0v) is 17.8. The number of halogens is 1. The predicted molar refractivity (Wildman–Crippen MR) is 119 cm³/mol. The maximum absolute atomic E-state index is 13.2. The van der Waals surface area contributed by atoms with Gasteiger partial charge in [-0.15, -0.1) is 0 Å². The Morgan fingerprint density at radius 1 is 1.16 bits per heavy atom. The van der Waals surface area contributed by atoms with E-state index in [4.69, 9.17) is 10.0 Å². The van der Waals surface area contributed by atoms with Gasteiger partial charge in [0.05, 0.1) is 11.6 Å². The van der Waals surface area contributed by atoms with Gasteiger partial charge in [-0.25, -0.2) is 14.2 Å². The van der Waals surface area contributed by atoms with Gasteiger partial charge in [-0.3, -0.25) is 10.0 Å². The summed E-state index contributed by atoms with van der Waals surface area (Å²) in [5.74, 6) is -0.222. The van der Waals surface area contributed by atoms with Crippen LogP contribution in [0.2, 0.25) is 0 Å². The molecule has 3 aromatic rings. The lowest BCUT2D eigenvalue weighted by molar-refractivity contribution is -0.116. The maximum atomic E-state index is 13.2. The molecule has 0 radical (unpaired) electrons. The summed E-state index contributed by atoms with van der Waals surface area (Å²) >= 11 is 1.71. The predicted octanol–water partition coefficient (Wildman–Crippen LogP) is 4.86. The highest BCUT2D eigenvalue weighted by atomic mass is 32.2. The monoisotopic (exact) mass is 435 g/mol. The first-order valence-electron chi connectivity index (χ1n) is 9.68. The summed E-state index contributed by atoms with van der Waals surface area (Å²) in [7, 11) is 0. The summed E-state index contributed by atoms with van der Waals surface area (Å²) in [5.41, 5.74) is 7.71. The molecule has 1 amide bonds. The summed E-state index contributed by atoms with van der Waals surface area (Å²) in [4.78, 5) is 9.96. The van der Waals surface area contributed by atoms with Crippen molar-refractivity contribution in [3.8, 4) is 17.2 Å². The van der Waals surface area contributed by atoms with Crippen LogP contribution in [0.4, 0.5) is 4.39 Å². The van der Waals surface area contributed by atoms with Gasteiger partial charge < -0.3 is 0 Å². The lowest BCUT2D eigenvalue weighted by atomic mass is 9.94. The van der Waals surface area contributed by atoms with E-state index in [9.17, 15) is 9.65 Å². The number of nitriles is 1. The van der Waals surface area contributed by atoms with E-state index in [1.54, 1.807) is 24.1 Å². The number of hydroxylamine groups is 1. The fraction of sp³-hybridized carbons (Fsp3) is 0.167. The average molecular weight is 436 g/mol. The van der Waals surface area contributed by atoms with Crippen LogP contribution >= 0.6 is 11.9 Å². The van der Waals surface area contributed by atoms with Crippen molar-refractivity contribution >= 4 is 18.4 Å². The van der Waals surface area contributed by atoms with Gasteiger partial charge >= 0.3 is 0 Å². The van der Waals surface area contributed by atoms with Crippen LogP contribution in [0.5, 0.6) is 0 Å². The van der Waals surface area contributed by atoms with Crippen molar-refractivity contribution in [3.63, 3.8) is 0 Å². The van der Waals surface area contributed by atoms with E-state index in [2.05, 4.69) is 28.6 Å². The fourth-order valence-electron chi connectivity index (χ4n) is 3.50. The maximum Gasteiger partial charge on any atom is 0.230 e. The van der Waals surface area contributed by atoms with Crippen LogP contribution in [-0.4, -0.2) is 22.5 Å². The molecule has 2 N–H and O–H groups in total. The van der Waals surface area contributed by atoms with Crippen molar-refractivity contribution in [1.29, 1.82) is 5.26 Å². The van der Waals surface area contributed by atoms with E-state index in [1.807, 2.05) is 25.1 Å². The van der Waals surface area contributed by atoms with E-state index in [0.29, 0.717) is 0 Å². The number of carbonyl (C=O) groups excluding carboxylic acids is 1. The van der Waals surface area contributed by atoms with Crippen molar-refractivity contribution in [1.82, 2.24) is 9.79 Å². The highest BCUT2D eigenvalue weighted by molar-refractivity contribution is 7.97. The van der Waals surface area contributed by atoms with Crippen LogP contribution in [0.25, 0.3) is 11.1 Å². The molecule has 1 heterocycles. The molecule has 0 fully saturated rings. The largest absolute Gasteiger partial charge is 0.289 e. The molecule has 4 rings (SSSR count). The Morgan fingerprint density at radius 3 is 2.58 bits per heavy atom. The third kappa shape index (κ3) is 5.92. The molecular weight excluding hydrogens is 413 g/mol. The van der Waals surface area contributed by atoms with Gasteiger partial charge in [0.25, 0.3) is 0 Å². The third-order valence-electron chi connectivity index (χ3n) is 4.87. The first-order valence-corrected chi connectivity index (χ1v) is 10.5. The molecule has 1 aliphatic heterocycles. The summed E-state index contributed by atoms with van der Waals surface area (Å²) in [6, 6.07) is 21.4. The molecule has 0 spiro atoms. The van der Waals surface area contributed by atoms with Gasteiger partial charge in [-0.05, 0) is 83.4 Å². The molecule has 0 aromatic heterocycles. The standard InChI is InChI=1S/C23H19FN2S.CH3NO2/c1-16-11-19-9-10-26(15-23(19)20(12-16)14-25)27-22-4-2-3-18(13-22)17-5-7-21(24)8-6-17;3-1-2-4/h2-8,11-13H,9-10,15H2,1H3;1,4H,(H,2,3). The Labute approximate surface area is 185 Å². The van der Waals surface area contributed by atoms with Gasteiger partial charge in [0.15, 0.2) is 0 Å². The average Bonchev–Trinajstić information content (AvgIpc) is 2.79. The van der Waals surface area contributed by atoms with Gasteiger partial charge in [-0.1, -0.05) is 30.3 Å². The molecular formula is C24H22FN3O2S. The Balaban J connectivity index is 0.000000628. The van der Waals surface area contributed by atoms with E-state index in [-0.39, 0.29) is 12.2 Å². The number of hydrogen-bond acceptors (Lipinski definition) is 5. The Morgan fingerprint density at radius 2 is 1.90 bits per heavy atom. The number of rotatable bonds is 4. The molecule has 0 saturated heterocycles. The van der Waals surface area contributed by atoms with Crippen molar-refractivity contribution < 1.29 is 14.4 Å². The number of benzene rings is 3. The molecule has 3 aromatic carbocycles. The normalized spacial score (nSPS) is 12.7. The SMILES string of the molecule is Cc1cc(C#N)c2c(c1)CCN(Sc1cccc(-c3ccc(F)cc3)c1)C2.O=CNO. The van der Waals surface area contributed by atoms with Crippen molar-refractivity contribution in [3.05, 3.63) is 88.7 Å². The topological polar surface area (TPSA) is 76.4 Å². The summed E-state index contributed by atoms with van der Waals surface area (Å²) in [6.07, 6.45) is 1.14. The lowest BCUT2D eigenvalue weighted by Gasteiger charge is -2.28. The van der Waals surface area contributed by atoms with Crippen LogP contribution in [0.1, 0.15) is 22.3 Å². The van der Waals surface area contributed by atoms with Crippen molar-refractivity contribution in [2.45, 2.75) is 24.8 Å². The van der Waals surface area contributed by atoms with Gasteiger partial charge in [0.2, 0.25) is 6.41 Å². The van der Waals surface area contributed by atoms with Crippen LogP contribution in [-0.2, 0) is 17.8 Å². The number of amides is 1. The number of carbonyl (C=O) groups is 1. The van der Waals surface area contributed by atoms with Crippen LogP contribution < -0.4 is 5.48 Å². The second-order valence-corrected chi connectivity index (χ2v) is 8.22. The Bertz CT molecular complexity index is 1100. The number of nitrogens with one attached hydrogen (secondary N) is 1. The first-order chi connectivity index (χ1) is 15.0. The molecule has 7 heteroatoms. The van der Waals surface area contributed by atoms with Gasteiger partial charge in [-0.2, -0.15) is 5.26 Å². The minimum Gasteiger partial charge on any atom is -0.289 e. The number of fused-ring (bicyclic) bond motifs is 1. The highest BCUT2D eigenvalue weighted by Crippen LogP contribution is 2.33. The van der Waals surface area contributed by atoms with E-state index < -0.39 is 0 Å². The Kier molecular flexibility index (Phi) is 7.79. The summed E-state index contributed by atoms with van der Waals surface area (Å²) in [5, 5.41) is 16.7. The first kappa shape index (κ1) is 22.5. The molecule has 1 aliphatic rings. The van der Waals surface area contributed by atoms with E-state index >= 15 is 0 Å². The van der Waals surface area contributed by atoms with Gasteiger partial charge in [0, 0.05) is 18.0 Å². The fourth-order valence-corrected chi connectivity index (χ4v) is 4.50. The zero-order valence-electron chi connectivity index (χ0n) is 17.0. The highest BCUT2D eigenvalue weighted by Gasteiger charge is 2.20. The second kappa shape index (κ2) is 10.7. The van der Waals surface area contributed by atoms with Gasteiger partial charge in [0.1, 0.15) is 5.82 Å². The molecule has 158 valence electrons. The van der Waals surface area contributed by atoms with Crippen molar-refractivity contribution in [2.75, 3.05) is 6.54 Å². The third-order valence-corrected chi connectivity index (χ3v) is 5.91. The lowest BCUT2D eigenvalue weighted by Crippen LogP contribution is -2.25. The number of nitrogens with zero attached hydrogens (tertiary/aromatic N) is 2. The molecule has 0 atom stereocenters. The zero-order chi connectivity index (χ0) is 22.2. The van der Waals surface area contributed by atoms with E-state index in [0.717, 1.165) is 52.2 Å². The molecule has 0 aliphatic carbocycles. The summed E-state index contributed by atoms with van der Waals surface area (Å²) in [6.45, 7) is 3.76. The van der Waals surface area contributed by atoms with Crippen LogP contribution in [0.15, 0.2) is 65.6 Å². The minimum atomic E-state index is -0.222. The summed E-state index contributed by atoms with van der Waals surface area (Å²) < 4.78 is 15.5. The smallest absolute Gasteiger partial charge is 0.230 e. The Hall–Kier alpha value is -3.18. The molecule has 0 bridgehead atoms.